The zero-order chi connectivity index (χ0) is 19.0. The summed E-state index contributed by atoms with van der Waals surface area (Å²) in [5.74, 6) is -2.06. The molecule has 0 aliphatic carbocycles. The second-order valence-corrected chi connectivity index (χ2v) is 7.00. The number of fused-ring (bicyclic) bond motifs is 1. The van der Waals surface area contributed by atoms with E-state index in [4.69, 9.17) is 0 Å². The Morgan fingerprint density at radius 1 is 1.11 bits per heavy atom. The van der Waals surface area contributed by atoms with Gasteiger partial charge in [0.2, 0.25) is 0 Å². The number of thiophene rings is 1. The van der Waals surface area contributed by atoms with Gasteiger partial charge < -0.3 is 10.2 Å². The van der Waals surface area contributed by atoms with E-state index in [1.54, 1.807) is 22.3 Å². The predicted octanol–water partition coefficient (Wildman–Crippen LogP) is 2.76. The van der Waals surface area contributed by atoms with Crippen molar-refractivity contribution in [1.82, 2.24) is 14.3 Å². The molecule has 3 heterocycles. The molecule has 0 saturated heterocycles. The molecule has 8 heteroatoms. The Morgan fingerprint density at radius 2 is 1.89 bits per heavy atom. The van der Waals surface area contributed by atoms with Crippen molar-refractivity contribution in [2.24, 2.45) is 0 Å². The van der Waals surface area contributed by atoms with E-state index in [2.05, 4.69) is 5.10 Å². The van der Waals surface area contributed by atoms with Crippen molar-refractivity contribution in [3.05, 3.63) is 81.2 Å². The fraction of sp³-hybridized carbons (Fsp3) is 0.105. The maximum absolute atomic E-state index is 12.5. The van der Waals surface area contributed by atoms with Crippen LogP contribution in [-0.2, 0) is 13.1 Å². The molecular formula is C19H15N3O4S. The average Bonchev–Trinajstić information content (AvgIpc) is 3.29. The Kier molecular flexibility index (Phi) is 4.25. The smallest absolute Gasteiger partial charge is 0.341 e. The summed E-state index contributed by atoms with van der Waals surface area (Å²) < 4.78 is 3.51. The summed E-state index contributed by atoms with van der Waals surface area (Å²) >= 11 is 1.18. The van der Waals surface area contributed by atoms with E-state index < -0.39 is 17.3 Å². The van der Waals surface area contributed by atoms with Gasteiger partial charge in [-0.25, -0.2) is 4.79 Å². The van der Waals surface area contributed by atoms with Gasteiger partial charge in [0.15, 0.2) is 5.75 Å². The van der Waals surface area contributed by atoms with Gasteiger partial charge in [-0.05, 0) is 17.0 Å². The molecule has 0 atom stereocenters. The average molecular weight is 381 g/mol. The number of carboxylic acid groups (broad SMARTS) is 1. The number of rotatable bonds is 5. The molecule has 1 aromatic carbocycles. The summed E-state index contributed by atoms with van der Waals surface area (Å²) in [6.45, 7) is 0.793. The first kappa shape index (κ1) is 17.0. The second kappa shape index (κ2) is 6.73. The minimum atomic E-state index is -1.32. The van der Waals surface area contributed by atoms with E-state index in [-0.39, 0.29) is 12.1 Å². The van der Waals surface area contributed by atoms with Crippen LogP contribution in [0.15, 0.2) is 59.0 Å². The van der Waals surface area contributed by atoms with Crippen LogP contribution in [0.4, 0.5) is 0 Å². The van der Waals surface area contributed by atoms with Crippen LogP contribution >= 0.6 is 11.3 Å². The summed E-state index contributed by atoms with van der Waals surface area (Å²) in [6, 6.07) is 11.6. The van der Waals surface area contributed by atoms with Crippen LogP contribution in [-0.4, -0.2) is 30.5 Å². The summed E-state index contributed by atoms with van der Waals surface area (Å²) in [5, 5.41) is 25.5. The molecule has 0 aliphatic heterocycles. The van der Waals surface area contributed by atoms with Gasteiger partial charge in [0, 0.05) is 11.8 Å². The van der Waals surface area contributed by atoms with Gasteiger partial charge in [0.05, 0.1) is 29.5 Å². The van der Waals surface area contributed by atoms with Gasteiger partial charge in [-0.15, -0.1) is 11.3 Å². The van der Waals surface area contributed by atoms with Crippen molar-refractivity contribution >= 4 is 27.5 Å². The number of benzene rings is 1. The molecule has 7 nitrogen and oxygen atoms in total. The van der Waals surface area contributed by atoms with Crippen LogP contribution in [0.3, 0.4) is 0 Å². The molecule has 0 unspecified atom stereocenters. The van der Waals surface area contributed by atoms with E-state index in [1.807, 2.05) is 36.5 Å². The standard InChI is InChI=1S/C19H15N3O4S/c23-16-15(19(25)26)17-14(6-7-27-17)22(18(16)24)11-13-8-20-21(10-13)9-12-4-2-1-3-5-12/h1-8,10,23H,9,11H2,(H,25,26). The molecule has 0 spiro atoms. The first-order valence-corrected chi connectivity index (χ1v) is 9.04. The molecule has 136 valence electrons. The predicted molar refractivity (Wildman–Crippen MR) is 102 cm³/mol. The fourth-order valence-electron chi connectivity index (χ4n) is 3.04. The van der Waals surface area contributed by atoms with E-state index >= 15 is 0 Å². The Balaban J connectivity index is 1.70. The zero-order valence-corrected chi connectivity index (χ0v) is 14.9. The normalized spacial score (nSPS) is 11.1. The molecule has 0 fully saturated rings. The van der Waals surface area contributed by atoms with Crippen molar-refractivity contribution in [2.75, 3.05) is 0 Å². The first-order chi connectivity index (χ1) is 13.0. The van der Waals surface area contributed by atoms with Crippen molar-refractivity contribution in [3.63, 3.8) is 0 Å². The number of hydrogen-bond donors (Lipinski definition) is 2. The van der Waals surface area contributed by atoms with Gasteiger partial charge in [-0.1, -0.05) is 30.3 Å². The van der Waals surface area contributed by atoms with Gasteiger partial charge in [-0.2, -0.15) is 5.10 Å². The quantitative estimate of drug-likeness (QED) is 0.554. The lowest BCUT2D eigenvalue weighted by atomic mass is 10.2. The van der Waals surface area contributed by atoms with Crippen molar-refractivity contribution < 1.29 is 15.0 Å². The highest BCUT2D eigenvalue weighted by Gasteiger charge is 2.22. The third-order valence-electron chi connectivity index (χ3n) is 4.28. The lowest BCUT2D eigenvalue weighted by Crippen LogP contribution is -2.22. The minimum Gasteiger partial charge on any atom is -0.502 e. The lowest BCUT2D eigenvalue weighted by molar-refractivity contribution is 0.0695. The van der Waals surface area contributed by atoms with Crippen LogP contribution in [0.5, 0.6) is 5.75 Å². The van der Waals surface area contributed by atoms with Crippen LogP contribution in [0.2, 0.25) is 0 Å². The highest BCUT2D eigenvalue weighted by Crippen LogP contribution is 2.29. The third kappa shape index (κ3) is 3.11. The molecule has 0 aliphatic rings. The van der Waals surface area contributed by atoms with Gasteiger partial charge >= 0.3 is 5.97 Å². The molecule has 0 bridgehead atoms. The monoisotopic (exact) mass is 381 g/mol. The number of aromatic carboxylic acids is 1. The Bertz CT molecular complexity index is 1190. The SMILES string of the molecule is O=C(O)c1c(O)c(=O)n(Cc2cnn(Cc3ccccc3)c2)c2ccsc12. The van der Waals surface area contributed by atoms with E-state index in [0.717, 1.165) is 11.1 Å². The fourth-order valence-corrected chi connectivity index (χ4v) is 3.97. The van der Waals surface area contributed by atoms with Crippen molar-refractivity contribution in [2.45, 2.75) is 13.1 Å². The van der Waals surface area contributed by atoms with Crippen LogP contribution in [0, 0.1) is 0 Å². The molecule has 4 aromatic rings. The number of aromatic hydroxyl groups is 1. The Morgan fingerprint density at radius 3 is 2.63 bits per heavy atom. The number of nitrogens with zero attached hydrogens (tertiary/aromatic N) is 3. The molecule has 3 aromatic heterocycles. The minimum absolute atomic E-state index is 0.189. The maximum Gasteiger partial charge on any atom is 0.341 e. The molecule has 0 saturated carbocycles. The summed E-state index contributed by atoms with van der Waals surface area (Å²) in [4.78, 5) is 24.0. The van der Waals surface area contributed by atoms with Gasteiger partial charge in [-0.3, -0.25) is 14.0 Å². The third-order valence-corrected chi connectivity index (χ3v) is 5.20. The molecule has 0 radical (unpaired) electrons. The topological polar surface area (TPSA) is 97.3 Å². The number of pyridine rings is 1. The summed E-state index contributed by atoms with van der Waals surface area (Å²) in [5.41, 5.74) is 1.29. The van der Waals surface area contributed by atoms with E-state index in [9.17, 15) is 19.8 Å². The largest absolute Gasteiger partial charge is 0.502 e. The number of carboxylic acids is 1. The van der Waals surface area contributed by atoms with Crippen molar-refractivity contribution in [3.8, 4) is 5.75 Å². The Labute approximate surface area is 157 Å². The van der Waals surface area contributed by atoms with Crippen LogP contribution in [0.1, 0.15) is 21.5 Å². The van der Waals surface area contributed by atoms with Crippen molar-refractivity contribution in [1.29, 1.82) is 0 Å². The molecule has 0 amide bonds. The second-order valence-electron chi connectivity index (χ2n) is 6.09. The van der Waals surface area contributed by atoms with Crippen LogP contribution < -0.4 is 5.56 Å². The zero-order valence-electron chi connectivity index (χ0n) is 14.1. The highest BCUT2D eigenvalue weighted by atomic mass is 32.1. The number of aromatic nitrogens is 3. The first-order valence-electron chi connectivity index (χ1n) is 8.16. The number of hydrogen-bond acceptors (Lipinski definition) is 5. The Hall–Kier alpha value is -3.39. The summed E-state index contributed by atoms with van der Waals surface area (Å²) in [7, 11) is 0. The van der Waals surface area contributed by atoms with Crippen LogP contribution in [0.25, 0.3) is 10.2 Å². The lowest BCUT2D eigenvalue weighted by Gasteiger charge is -2.09. The molecule has 4 rings (SSSR count). The van der Waals surface area contributed by atoms with Gasteiger partial charge in [0.25, 0.3) is 5.56 Å². The summed E-state index contributed by atoms with van der Waals surface area (Å²) in [6.07, 6.45) is 3.50. The molecule has 2 N–H and O–H groups in total. The molecule has 27 heavy (non-hydrogen) atoms. The van der Waals surface area contributed by atoms with E-state index in [0.29, 0.717) is 16.8 Å². The maximum atomic E-state index is 12.5. The highest BCUT2D eigenvalue weighted by molar-refractivity contribution is 7.17. The number of carbonyl (C=O) groups is 1. The van der Waals surface area contributed by atoms with Gasteiger partial charge in [0.1, 0.15) is 5.56 Å². The van der Waals surface area contributed by atoms with E-state index in [1.165, 1.54) is 15.9 Å². The molecular weight excluding hydrogens is 366 g/mol.